The molecule has 2 nitrogen and oxygen atoms in total. The summed E-state index contributed by atoms with van der Waals surface area (Å²) in [6.45, 7) is 7.49. The molecule has 1 atom stereocenters. The van der Waals surface area contributed by atoms with E-state index >= 15 is 0 Å². The van der Waals surface area contributed by atoms with Crippen LogP contribution in [0.2, 0.25) is 0 Å². The fourth-order valence-corrected chi connectivity index (χ4v) is 0.449. The molecule has 0 radical (unpaired) electrons. The molecule has 0 aliphatic heterocycles. The third kappa shape index (κ3) is 6.25. The summed E-state index contributed by atoms with van der Waals surface area (Å²) < 4.78 is 71.4. The molecular formula is C9H12F6MgO2. The molecule has 18 heavy (non-hydrogen) atoms. The Balaban J connectivity index is -0.000000392. The molecule has 0 aromatic rings. The van der Waals surface area contributed by atoms with Gasteiger partial charge in [-0.1, -0.05) is 5.57 Å². The largest absolute Gasteiger partial charge is 2.00 e. The van der Waals surface area contributed by atoms with Crippen LogP contribution in [0.25, 0.3) is 0 Å². The second-order valence-corrected chi connectivity index (χ2v) is 3.56. The van der Waals surface area contributed by atoms with Crippen LogP contribution in [0.3, 0.4) is 0 Å². The second kappa shape index (κ2) is 7.56. The van der Waals surface area contributed by atoms with Crippen LogP contribution in [-0.4, -0.2) is 47.1 Å². The van der Waals surface area contributed by atoms with Gasteiger partial charge < -0.3 is 10.2 Å². The van der Waals surface area contributed by atoms with Crippen molar-refractivity contribution in [1.29, 1.82) is 0 Å². The first kappa shape index (κ1) is 23.1. The summed E-state index contributed by atoms with van der Waals surface area (Å²) in [6.07, 6.45) is -3.50. The van der Waals surface area contributed by atoms with Gasteiger partial charge in [-0.3, -0.25) is 4.39 Å². The molecule has 0 spiro atoms. The Kier molecular flexibility index (Phi) is 9.71. The molecule has 0 saturated heterocycles. The zero-order chi connectivity index (χ0) is 14.7. The maximum atomic E-state index is 12.1. The zero-order valence-electron chi connectivity index (χ0n) is 10.1. The van der Waals surface area contributed by atoms with Gasteiger partial charge in [0.1, 0.15) is 0 Å². The predicted octanol–water partition coefficient (Wildman–Crippen LogP) is 1.16. The van der Waals surface area contributed by atoms with E-state index in [2.05, 4.69) is 6.58 Å². The molecule has 9 heteroatoms. The van der Waals surface area contributed by atoms with Gasteiger partial charge in [0.15, 0.2) is 6.17 Å². The molecule has 0 N–H and O–H groups in total. The van der Waals surface area contributed by atoms with Gasteiger partial charge in [-0.2, -0.15) is 17.6 Å². The number of halogens is 6. The molecule has 0 fully saturated rings. The SMILES string of the molecule is C=C(C)C.CC(F)C(F)(F)C(F)(F)C([O-])([O-])F.[Mg+2]. The second-order valence-electron chi connectivity index (χ2n) is 3.56. The van der Waals surface area contributed by atoms with E-state index in [1.54, 1.807) is 0 Å². The average molecular weight is 290 g/mol. The summed E-state index contributed by atoms with van der Waals surface area (Å²) in [5.74, 6) is -11.8. The van der Waals surface area contributed by atoms with Crippen LogP contribution < -0.4 is 10.2 Å². The van der Waals surface area contributed by atoms with Gasteiger partial charge in [0.05, 0.1) is 0 Å². The summed E-state index contributed by atoms with van der Waals surface area (Å²) in [5, 5.41) is 18.9. The molecule has 0 amide bonds. The predicted molar refractivity (Wildman–Crippen MR) is 50.5 cm³/mol. The number of alkyl halides is 6. The van der Waals surface area contributed by atoms with E-state index < -0.39 is 24.1 Å². The average Bonchev–Trinajstić information content (AvgIpc) is 1.99. The van der Waals surface area contributed by atoms with E-state index in [0.717, 1.165) is 0 Å². The fraction of sp³-hybridized carbons (Fsp3) is 0.778. The Bertz CT molecular complexity index is 258. The van der Waals surface area contributed by atoms with Gasteiger partial charge in [-0.15, -0.1) is 6.58 Å². The third-order valence-corrected chi connectivity index (χ3v) is 1.29. The molecule has 0 saturated carbocycles. The Morgan fingerprint density at radius 2 is 1.28 bits per heavy atom. The quantitative estimate of drug-likeness (QED) is 0.339. The Hall–Kier alpha value is 0.00623. The van der Waals surface area contributed by atoms with Crippen molar-refractivity contribution in [2.24, 2.45) is 0 Å². The first-order valence-electron chi connectivity index (χ1n) is 4.29. The van der Waals surface area contributed by atoms with Crippen molar-refractivity contribution >= 4 is 23.1 Å². The van der Waals surface area contributed by atoms with Crippen LogP contribution in [0.1, 0.15) is 20.8 Å². The van der Waals surface area contributed by atoms with Gasteiger partial charge in [0.25, 0.3) is 0 Å². The number of hydrogen-bond donors (Lipinski definition) is 0. The minimum absolute atomic E-state index is 0. The van der Waals surface area contributed by atoms with Gasteiger partial charge in [0, 0.05) is 6.04 Å². The normalized spacial score (nSPS) is 13.9. The van der Waals surface area contributed by atoms with Gasteiger partial charge >= 0.3 is 34.9 Å². The van der Waals surface area contributed by atoms with Crippen LogP contribution in [0.15, 0.2) is 12.2 Å². The van der Waals surface area contributed by atoms with Crippen LogP contribution >= 0.6 is 0 Å². The first-order chi connectivity index (χ1) is 7.18. The van der Waals surface area contributed by atoms with Crippen LogP contribution in [0.4, 0.5) is 26.3 Å². The minimum Gasteiger partial charge on any atom is -0.834 e. The van der Waals surface area contributed by atoms with Gasteiger partial charge in [-0.25, -0.2) is 4.39 Å². The van der Waals surface area contributed by atoms with Gasteiger partial charge in [0.2, 0.25) is 0 Å². The van der Waals surface area contributed by atoms with Crippen molar-refractivity contribution in [2.45, 2.75) is 44.8 Å². The third-order valence-electron chi connectivity index (χ3n) is 1.29. The fourth-order valence-electron chi connectivity index (χ4n) is 0.449. The van der Waals surface area contributed by atoms with Crippen LogP contribution in [0.5, 0.6) is 0 Å². The monoisotopic (exact) mass is 290 g/mol. The molecular weight excluding hydrogens is 278 g/mol. The molecule has 104 valence electrons. The van der Waals surface area contributed by atoms with E-state index in [4.69, 9.17) is 0 Å². The van der Waals surface area contributed by atoms with Crippen molar-refractivity contribution in [3.8, 4) is 0 Å². The maximum absolute atomic E-state index is 12.1. The minimum atomic E-state index is -6.13. The Morgan fingerprint density at radius 3 is 1.33 bits per heavy atom. The van der Waals surface area contributed by atoms with Crippen molar-refractivity contribution in [1.82, 2.24) is 0 Å². The summed E-state index contributed by atoms with van der Waals surface area (Å²) in [6, 6.07) is -5.96. The zero-order valence-corrected chi connectivity index (χ0v) is 11.5. The van der Waals surface area contributed by atoms with Crippen molar-refractivity contribution in [3.63, 3.8) is 0 Å². The number of rotatable bonds is 3. The van der Waals surface area contributed by atoms with Crippen LogP contribution in [-0.2, 0) is 0 Å². The molecule has 0 heterocycles. The maximum Gasteiger partial charge on any atom is 2.00 e. The smallest absolute Gasteiger partial charge is 0.834 e. The standard InChI is InChI=1S/C5H4F6O2.C4H8.Mg/c1-2(6)3(7,8)4(9,10)5(11,12)13;1-4(2)3;/h2H,1H3;1H2,2-3H3;/q-2;;+2. The van der Waals surface area contributed by atoms with E-state index in [9.17, 15) is 36.6 Å². The summed E-state index contributed by atoms with van der Waals surface area (Å²) in [7, 11) is 0. The topological polar surface area (TPSA) is 46.1 Å². The van der Waals surface area contributed by atoms with E-state index in [1.807, 2.05) is 13.8 Å². The summed E-state index contributed by atoms with van der Waals surface area (Å²) in [5.41, 5.74) is 1.17. The number of allylic oxidation sites excluding steroid dienone is 1. The van der Waals surface area contributed by atoms with E-state index in [0.29, 0.717) is 0 Å². The van der Waals surface area contributed by atoms with E-state index in [-0.39, 0.29) is 30.0 Å². The molecule has 0 bridgehead atoms. The molecule has 0 aliphatic rings. The summed E-state index contributed by atoms with van der Waals surface area (Å²) in [4.78, 5) is 0. The van der Waals surface area contributed by atoms with E-state index in [1.165, 1.54) is 5.57 Å². The number of hydrogen-bond acceptors (Lipinski definition) is 2. The molecule has 0 rings (SSSR count). The molecule has 0 aromatic heterocycles. The Morgan fingerprint density at radius 1 is 1.06 bits per heavy atom. The first-order valence-corrected chi connectivity index (χ1v) is 4.29. The summed E-state index contributed by atoms with van der Waals surface area (Å²) >= 11 is 0. The van der Waals surface area contributed by atoms with Crippen molar-refractivity contribution < 1.29 is 36.6 Å². The van der Waals surface area contributed by atoms with Crippen molar-refractivity contribution in [3.05, 3.63) is 12.2 Å². The van der Waals surface area contributed by atoms with Crippen LogP contribution in [0, 0.1) is 0 Å². The Labute approximate surface area is 117 Å². The molecule has 0 aromatic carbocycles. The molecule has 0 aliphatic carbocycles. The molecule has 1 unspecified atom stereocenters. The van der Waals surface area contributed by atoms with Gasteiger partial charge in [-0.05, 0) is 20.8 Å². The van der Waals surface area contributed by atoms with Crippen molar-refractivity contribution in [2.75, 3.05) is 0 Å².